The van der Waals surface area contributed by atoms with E-state index in [2.05, 4.69) is 10.3 Å². The van der Waals surface area contributed by atoms with Crippen LogP contribution in [0.25, 0.3) is 10.6 Å². The third-order valence-corrected chi connectivity index (χ3v) is 5.16. The molecule has 0 saturated carbocycles. The molecule has 0 fully saturated rings. The Labute approximate surface area is 173 Å². The predicted molar refractivity (Wildman–Crippen MR) is 114 cm³/mol. The molecule has 3 rings (SSSR count). The lowest BCUT2D eigenvalue weighted by atomic mass is 10.1. The van der Waals surface area contributed by atoms with Gasteiger partial charge in [-0.3, -0.25) is 0 Å². The summed E-state index contributed by atoms with van der Waals surface area (Å²) in [6, 6.07) is 12.9. The SMILES string of the molecule is CC(C)CN(CC(O)c1ccc(F)cc1)C(=O)Nc1ccc(-c2nccs2)cc1. The minimum atomic E-state index is -0.896. The molecular formula is C22H24FN3O2S. The fraction of sp³-hybridized carbons (Fsp3) is 0.273. The molecule has 2 amide bonds. The van der Waals surface area contributed by atoms with Gasteiger partial charge in [0.25, 0.3) is 0 Å². The van der Waals surface area contributed by atoms with Crippen LogP contribution in [0.5, 0.6) is 0 Å². The molecule has 1 aromatic heterocycles. The number of nitrogens with one attached hydrogen (secondary N) is 1. The second-order valence-corrected chi connectivity index (χ2v) is 8.11. The predicted octanol–water partition coefficient (Wildman–Crippen LogP) is 5.17. The number of aliphatic hydroxyl groups excluding tert-OH is 1. The molecule has 2 N–H and O–H groups in total. The standard InChI is InChI=1S/C22H24FN3O2S/c1-15(2)13-26(14-20(27)16-3-7-18(23)8-4-16)22(28)25-19-9-5-17(6-10-19)21-24-11-12-29-21/h3-12,15,20,27H,13-14H2,1-2H3,(H,25,28). The zero-order valence-corrected chi connectivity index (χ0v) is 17.2. The summed E-state index contributed by atoms with van der Waals surface area (Å²) < 4.78 is 13.1. The van der Waals surface area contributed by atoms with Crippen LogP contribution in [0.15, 0.2) is 60.1 Å². The number of rotatable bonds is 7. The fourth-order valence-electron chi connectivity index (χ4n) is 2.94. The van der Waals surface area contributed by atoms with Gasteiger partial charge >= 0.3 is 6.03 Å². The van der Waals surface area contributed by atoms with Gasteiger partial charge in [0.05, 0.1) is 12.6 Å². The Morgan fingerprint density at radius 1 is 1.14 bits per heavy atom. The van der Waals surface area contributed by atoms with Gasteiger partial charge in [0, 0.05) is 29.4 Å². The van der Waals surface area contributed by atoms with E-state index in [4.69, 9.17) is 0 Å². The first-order valence-electron chi connectivity index (χ1n) is 9.41. The highest BCUT2D eigenvalue weighted by Crippen LogP contribution is 2.23. The van der Waals surface area contributed by atoms with E-state index < -0.39 is 6.10 Å². The number of anilines is 1. The quantitative estimate of drug-likeness (QED) is 0.561. The van der Waals surface area contributed by atoms with E-state index in [-0.39, 0.29) is 24.3 Å². The Morgan fingerprint density at radius 3 is 2.41 bits per heavy atom. The summed E-state index contributed by atoms with van der Waals surface area (Å²) in [5.74, 6) is -0.132. The number of hydrogen-bond acceptors (Lipinski definition) is 4. The molecule has 0 bridgehead atoms. The molecule has 0 radical (unpaired) electrons. The van der Waals surface area contributed by atoms with Crippen molar-refractivity contribution in [3.63, 3.8) is 0 Å². The van der Waals surface area contributed by atoms with Crippen molar-refractivity contribution in [1.29, 1.82) is 0 Å². The van der Waals surface area contributed by atoms with E-state index >= 15 is 0 Å². The maximum Gasteiger partial charge on any atom is 0.321 e. The lowest BCUT2D eigenvalue weighted by Gasteiger charge is -2.27. The third-order valence-electron chi connectivity index (χ3n) is 4.34. The molecule has 29 heavy (non-hydrogen) atoms. The summed E-state index contributed by atoms with van der Waals surface area (Å²) in [5.41, 5.74) is 2.23. The molecule has 2 aromatic carbocycles. The summed E-state index contributed by atoms with van der Waals surface area (Å²) in [4.78, 5) is 18.7. The molecule has 3 aromatic rings. The monoisotopic (exact) mass is 413 g/mol. The summed E-state index contributed by atoms with van der Waals surface area (Å²) in [5, 5.41) is 16.2. The summed E-state index contributed by atoms with van der Waals surface area (Å²) >= 11 is 1.56. The van der Waals surface area contributed by atoms with Crippen LogP contribution in [0.1, 0.15) is 25.5 Å². The molecule has 1 heterocycles. The normalized spacial score (nSPS) is 12.0. The molecular weight excluding hydrogens is 389 g/mol. The Balaban J connectivity index is 1.67. The van der Waals surface area contributed by atoms with Gasteiger partial charge < -0.3 is 15.3 Å². The smallest absolute Gasteiger partial charge is 0.321 e. The van der Waals surface area contributed by atoms with E-state index in [1.54, 1.807) is 22.4 Å². The van der Waals surface area contributed by atoms with Gasteiger partial charge in [-0.1, -0.05) is 26.0 Å². The summed E-state index contributed by atoms with van der Waals surface area (Å²) in [6.45, 7) is 4.62. The molecule has 0 aliphatic carbocycles. The zero-order chi connectivity index (χ0) is 20.8. The van der Waals surface area contributed by atoms with Gasteiger partial charge in [0.1, 0.15) is 10.8 Å². The van der Waals surface area contributed by atoms with Crippen LogP contribution in [0.4, 0.5) is 14.9 Å². The van der Waals surface area contributed by atoms with Crippen molar-refractivity contribution >= 4 is 23.1 Å². The summed E-state index contributed by atoms with van der Waals surface area (Å²) in [6.07, 6.45) is 0.860. The maximum atomic E-state index is 13.1. The number of benzene rings is 2. The Hall–Kier alpha value is -2.77. The molecule has 1 unspecified atom stereocenters. The van der Waals surface area contributed by atoms with E-state index in [1.165, 1.54) is 24.3 Å². The highest BCUT2D eigenvalue weighted by atomic mass is 32.1. The topological polar surface area (TPSA) is 65.5 Å². The highest BCUT2D eigenvalue weighted by molar-refractivity contribution is 7.13. The van der Waals surface area contributed by atoms with Gasteiger partial charge in [-0.15, -0.1) is 11.3 Å². The maximum absolute atomic E-state index is 13.1. The number of aliphatic hydroxyl groups is 1. The molecule has 152 valence electrons. The van der Waals surface area contributed by atoms with E-state index in [9.17, 15) is 14.3 Å². The van der Waals surface area contributed by atoms with Gasteiger partial charge in [-0.2, -0.15) is 0 Å². The number of carbonyl (C=O) groups excluding carboxylic acids is 1. The van der Waals surface area contributed by atoms with Crippen LogP contribution in [0.3, 0.4) is 0 Å². The number of hydrogen-bond donors (Lipinski definition) is 2. The number of halogens is 1. The van der Waals surface area contributed by atoms with Crippen molar-refractivity contribution in [3.05, 3.63) is 71.5 Å². The Morgan fingerprint density at radius 2 is 1.83 bits per heavy atom. The van der Waals surface area contributed by atoms with Crippen molar-refractivity contribution < 1.29 is 14.3 Å². The Kier molecular flexibility index (Phi) is 6.95. The van der Waals surface area contributed by atoms with Gasteiger partial charge in [0.2, 0.25) is 0 Å². The second kappa shape index (κ2) is 9.62. The van der Waals surface area contributed by atoms with Crippen molar-refractivity contribution in [2.75, 3.05) is 18.4 Å². The van der Waals surface area contributed by atoms with Crippen LogP contribution in [-0.2, 0) is 0 Å². The molecule has 0 saturated heterocycles. The zero-order valence-electron chi connectivity index (χ0n) is 16.4. The summed E-state index contributed by atoms with van der Waals surface area (Å²) in [7, 11) is 0. The minimum absolute atomic E-state index is 0.118. The number of aromatic nitrogens is 1. The largest absolute Gasteiger partial charge is 0.387 e. The third kappa shape index (κ3) is 5.85. The van der Waals surface area contributed by atoms with Gasteiger partial charge in [-0.05, 0) is 47.9 Å². The van der Waals surface area contributed by atoms with E-state index in [0.717, 1.165) is 10.6 Å². The lowest BCUT2D eigenvalue weighted by molar-refractivity contribution is 0.121. The molecule has 0 aliphatic heterocycles. The van der Waals surface area contributed by atoms with Crippen molar-refractivity contribution in [1.82, 2.24) is 9.88 Å². The van der Waals surface area contributed by atoms with Crippen LogP contribution in [0.2, 0.25) is 0 Å². The van der Waals surface area contributed by atoms with Gasteiger partial charge in [-0.25, -0.2) is 14.2 Å². The minimum Gasteiger partial charge on any atom is -0.387 e. The van der Waals surface area contributed by atoms with Crippen LogP contribution < -0.4 is 5.32 Å². The molecule has 7 heteroatoms. The van der Waals surface area contributed by atoms with Gasteiger partial charge in [0.15, 0.2) is 0 Å². The van der Waals surface area contributed by atoms with Crippen molar-refractivity contribution in [2.45, 2.75) is 20.0 Å². The first-order valence-corrected chi connectivity index (χ1v) is 10.3. The van der Waals surface area contributed by atoms with Crippen molar-refractivity contribution in [2.24, 2.45) is 5.92 Å². The van der Waals surface area contributed by atoms with Crippen molar-refractivity contribution in [3.8, 4) is 10.6 Å². The molecule has 0 spiro atoms. The lowest BCUT2D eigenvalue weighted by Crippen LogP contribution is -2.40. The second-order valence-electron chi connectivity index (χ2n) is 7.21. The number of amides is 2. The molecule has 0 aliphatic rings. The fourth-order valence-corrected chi connectivity index (χ4v) is 3.59. The number of nitrogens with zero attached hydrogens (tertiary/aromatic N) is 2. The molecule has 1 atom stereocenters. The first-order chi connectivity index (χ1) is 13.9. The highest BCUT2D eigenvalue weighted by Gasteiger charge is 2.20. The van der Waals surface area contributed by atoms with Crippen LogP contribution in [0, 0.1) is 11.7 Å². The number of carbonyl (C=O) groups is 1. The average molecular weight is 414 g/mol. The van der Waals surface area contributed by atoms with E-state index in [1.807, 2.05) is 43.5 Å². The Bertz CT molecular complexity index is 912. The van der Waals surface area contributed by atoms with Crippen LogP contribution in [-0.4, -0.2) is 34.1 Å². The number of urea groups is 1. The van der Waals surface area contributed by atoms with E-state index in [0.29, 0.717) is 17.8 Å². The van der Waals surface area contributed by atoms with Crippen LogP contribution >= 0.6 is 11.3 Å². The first kappa shape index (κ1) is 21.0. The molecule has 5 nitrogen and oxygen atoms in total. The average Bonchev–Trinajstić information content (AvgIpc) is 3.23. The number of thiazole rings is 1.